The van der Waals surface area contributed by atoms with E-state index in [0.717, 1.165) is 12.2 Å². The van der Waals surface area contributed by atoms with Crippen molar-refractivity contribution in [2.75, 3.05) is 17.6 Å². The van der Waals surface area contributed by atoms with Gasteiger partial charge >= 0.3 is 0 Å². The predicted octanol–water partition coefficient (Wildman–Crippen LogP) is 3.19. The van der Waals surface area contributed by atoms with Crippen molar-refractivity contribution in [3.8, 4) is 0 Å². The van der Waals surface area contributed by atoms with Crippen molar-refractivity contribution in [2.24, 2.45) is 10.7 Å². The summed E-state index contributed by atoms with van der Waals surface area (Å²) in [7, 11) is 0. The molecule has 0 bridgehead atoms. The normalized spacial score (nSPS) is 22.6. The molecule has 0 saturated carbocycles. The Labute approximate surface area is 125 Å². The number of benzene rings is 1. The van der Waals surface area contributed by atoms with E-state index in [-0.39, 0.29) is 0 Å². The minimum atomic E-state index is 0.550. The number of nitrogens with two attached hydrogens (primary N) is 1. The highest BCUT2D eigenvalue weighted by Gasteiger charge is 2.13. The Kier molecular flexibility index (Phi) is 4.51. The number of rotatable bonds is 3. The van der Waals surface area contributed by atoms with Crippen LogP contribution in [0.3, 0.4) is 0 Å². The molecular formula is C16H23N3S. The van der Waals surface area contributed by atoms with Crippen LogP contribution in [-0.2, 0) is 12.8 Å². The highest BCUT2D eigenvalue weighted by atomic mass is 32.2. The van der Waals surface area contributed by atoms with E-state index >= 15 is 0 Å². The molecular weight excluding hydrogens is 266 g/mol. The summed E-state index contributed by atoms with van der Waals surface area (Å²) in [6.45, 7) is 0.842. The predicted molar refractivity (Wildman–Crippen MR) is 88.7 cm³/mol. The lowest BCUT2D eigenvalue weighted by atomic mass is 10.1. The van der Waals surface area contributed by atoms with Crippen LogP contribution in [0.5, 0.6) is 0 Å². The summed E-state index contributed by atoms with van der Waals surface area (Å²) in [5.41, 5.74) is 10.0. The largest absolute Gasteiger partial charge is 0.370 e. The maximum atomic E-state index is 6.00. The van der Waals surface area contributed by atoms with Crippen molar-refractivity contribution in [3.05, 3.63) is 29.3 Å². The van der Waals surface area contributed by atoms with Crippen LogP contribution < -0.4 is 11.1 Å². The van der Waals surface area contributed by atoms with Gasteiger partial charge in [-0.05, 0) is 61.1 Å². The van der Waals surface area contributed by atoms with E-state index in [1.807, 2.05) is 11.8 Å². The van der Waals surface area contributed by atoms with Gasteiger partial charge in [-0.2, -0.15) is 11.8 Å². The lowest BCUT2D eigenvalue weighted by Gasteiger charge is -2.19. The van der Waals surface area contributed by atoms with Crippen LogP contribution in [0.25, 0.3) is 0 Å². The average Bonchev–Trinajstić information content (AvgIpc) is 2.94. The van der Waals surface area contributed by atoms with Gasteiger partial charge in [-0.3, -0.25) is 4.99 Å². The fourth-order valence-corrected chi connectivity index (χ4v) is 4.21. The van der Waals surface area contributed by atoms with Gasteiger partial charge in [-0.1, -0.05) is 12.5 Å². The molecule has 0 amide bonds. The van der Waals surface area contributed by atoms with Crippen LogP contribution in [0.15, 0.2) is 23.2 Å². The van der Waals surface area contributed by atoms with E-state index in [2.05, 4.69) is 28.5 Å². The second-order valence-electron chi connectivity index (χ2n) is 5.68. The third-order valence-electron chi connectivity index (χ3n) is 4.11. The summed E-state index contributed by atoms with van der Waals surface area (Å²) in [6.07, 6.45) is 7.67. The van der Waals surface area contributed by atoms with E-state index in [9.17, 15) is 0 Å². The summed E-state index contributed by atoms with van der Waals surface area (Å²) in [5, 5.41) is 3.89. The number of nitrogens with one attached hydrogen (secondary N) is 1. The molecule has 1 fully saturated rings. The minimum absolute atomic E-state index is 0.550. The van der Waals surface area contributed by atoms with Crippen molar-refractivity contribution in [2.45, 2.75) is 43.8 Å². The Morgan fingerprint density at radius 3 is 3.00 bits per heavy atom. The zero-order chi connectivity index (χ0) is 13.8. The first-order chi connectivity index (χ1) is 9.81. The minimum Gasteiger partial charge on any atom is -0.370 e. The van der Waals surface area contributed by atoms with Crippen LogP contribution in [0, 0.1) is 0 Å². The van der Waals surface area contributed by atoms with E-state index in [1.165, 1.54) is 55.4 Å². The highest BCUT2D eigenvalue weighted by Crippen LogP contribution is 2.26. The molecule has 20 heavy (non-hydrogen) atoms. The number of anilines is 1. The standard InChI is InChI=1S/C16H23N3S/c17-16(18-11-15-6-1-2-9-20-15)19-14-8-7-12-4-3-5-13(12)10-14/h7-8,10,15H,1-6,9,11H2,(H3,17,18,19). The number of aliphatic imine (C=N–C) groups is 1. The molecule has 0 radical (unpaired) electrons. The first-order valence-electron chi connectivity index (χ1n) is 7.61. The molecule has 0 aromatic heterocycles. The van der Waals surface area contributed by atoms with Crippen LogP contribution >= 0.6 is 11.8 Å². The molecule has 1 saturated heterocycles. The topological polar surface area (TPSA) is 50.4 Å². The first kappa shape index (κ1) is 13.8. The van der Waals surface area contributed by atoms with Gasteiger partial charge in [0.15, 0.2) is 5.96 Å². The van der Waals surface area contributed by atoms with Crippen LogP contribution in [0.4, 0.5) is 5.69 Å². The maximum Gasteiger partial charge on any atom is 0.193 e. The number of hydrogen-bond acceptors (Lipinski definition) is 2. The van der Waals surface area contributed by atoms with Gasteiger partial charge in [-0.25, -0.2) is 0 Å². The Balaban J connectivity index is 1.56. The Hall–Kier alpha value is -1.16. The lowest BCUT2D eigenvalue weighted by Crippen LogP contribution is -2.25. The van der Waals surface area contributed by atoms with Gasteiger partial charge in [0.05, 0.1) is 6.54 Å². The summed E-state index contributed by atoms with van der Waals surface area (Å²) >= 11 is 2.04. The van der Waals surface area contributed by atoms with Gasteiger partial charge in [-0.15, -0.1) is 0 Å². The number of thioether (sulfide) groups is 1. The van der Waals surface area contributed by atoms with Gasteiger partial charge in [0.25, 0.3) is 0 Å². The second-order valence-corrected chi connectivity index (χ2v) is 7.08. The van der Waals surface area contributed by atoms with Gasteiger partial charge in [0, 0.05) is 10.9 Å². The molecule has 1 atom stereocenters. The van der Waals surface area contributed by atoms with Crippen LogP contribution in [0.1, 0.15) is 36.8 Å². The van der Waals surface area contributed by atoms with Gasteiger partial charge < -0.3 is 11.1 Å². The molecule has 2 aliphatic rings. The Bertz CT molecular complexity index is 492. The third kappa shape index (κ3) is 3.48. The molecule has 1 heterocycles. The molecule has 3 N–H and O–H groups in total. The lowest BCUT2D eigenvalue weighted by molar-refractivity contribution is 0.668. The molecule has 1 aliphatic heterocycles. The SMILES string of the molecule is NC(=NCC1CCCCS1)Nc1ccc2c(c1)CCC2. The van der Waals surface area contributed by atoms with Gasteiger partial charge in [0.2, 0.25) is 0 Å². The zero-order valence-corrected chi connectivity index (χ0v) is 12.7. The summed E-state index contributed by atoms with van der Waals surface area (Å²) in [4.78, 5) is 4.50. The van der Waals surface area contributed by atoms with E-state index in [1.54, 1.807) is 0 Å². The van der Waals surface area contributed by atoms with Crippen molar-refractivity contribution < 1.29 is 0 Å². The second kappa shape index (κ2) is 6.53. The molecule has 1 aromatic carbocycles. The van der Waals surface area contributed by atoms with Gasteiger partial charge in [0.1, 0.15) is 0 Å². The number of aryl methyl sites for hydroxylation is 2. The number of nitrogens with zero attached hydrogens (tertiary/aromatic N) is 1. The molecule has 108 valence electrons. The summed E-state index contributed by atoms with van der Waals surface area (Å²) < 4.78 is 0. The summed E-state index contributed by atoms with van der Waals surface area (Å²) in [6, 6.07) is 6.55. The smallest absolute Gasteiger partial charge is 0.193 e. The van der Waals surface area contributed by atoms with E-state index in [0.29, 0.717) is 11.2 Å². The molecule has 3 nitrogen and oxygen atoms in total. The molecule has 0 spiro atoms. The van der Waals surface area contributed by atoms with E-state index in [4.69, 9.17) is 5.73 Å². The Morgan fingerprint density at radius 2 is 2.15 bits per heavy atom. The van der Waals surface area contributed by atoms with E-state index < -0.39 is 0 Å². The van der Waals surface area contributed by atoms with Crippen molar-refractivity contribution in [1.29, 1.82) is 0 Å². The van der Waals surface area contributed by atoms with Crippen LogP contribution in [0.2, 0.25) is 0 Å². The maximum absolute atomic E-state index is 6.00. The van der Waals surface area contributed by atoms with Crippen molar-refractivity contribution in [3.63, 3.8) is 0 Å². The van der Waals surface area contributed by atoms with Crippen LogP contribution in [-0.4, -0.2) is 23.5 Å². The number of hydrogen-bond donors (Lipinski definition) is 2. The molecule has 1 aliphatic carbocycles. The Morgan fingerprint density at radius 1 is 1.25 bits per heavy atom. The molecule has 1 aromatic rings. The molecule has 3 rings (SSSR count). The third-order valence-corrected chi connectivity index (χ3v) is 5.49. The van der Waals surface area contributed by atoms with Crippen molar-refractivity contribution in [1.82, 2.24) is 0 Å². The monoisotopic (exact) mass is 289 g/mol. The zero-order valence-electron chi connectivity index (χ0n) is 11.9. The number of guanidine groups is 1. The fourth-order valence-electron chi connectivity index (χ4n) is 2.99. The first-order valence-corrected chi connectivity index (χ1v) is 8.66. The molecule has 4 heteroatoms. The average molecular weight is 289 g/mol. The van der Waals surface area contributed by atoms with Crippen molar-refractivity contribution >= 4 is 23.4 Å². The fraction of sp³-hybridized carbons (Fsp3) is 0.562. The highest BCUT2D eigenvalue weighted by molar-refractivity contribution is 7.99. The molecule has 1 unspecified atom stereocenters. The quantitative estimate of drug-likeness (QED) is 0.663. The number of fused-ring (bicyclic) bond motifs is 1. The summed E-state index contributed by atoms with van der Waals surface area (Å²) in [5.74, 6) is 1.83.